The summed E-state index contributed by atoms with van der Waals surface area (Å²) < 4.78 is 5.40. The molecule has 0 aliphatic carbocycles. The van der Waals surface area contributed by atoms with Gasteiger partial charge < -0.3 is 14.7 Å². The average molecular weight is 270 g/mol. The Morgan fingerprint density at radius 3 is 2.42 bits per heavy atom. The normalized spacial score (nSPS) is 27.6. The Hall–Kier alpha value is -0.650. The van der Waals surface area contributed by atoms with Crippen LogP contribution in [0.3, 0.4) is 0 Å². The van der Waals surface area contributed by atoms with Gasteiger partial charge in [-0.15, -0.1) is 0 Å². The van der Waals surface area contributed by atoms with Crippen LogP contribution in [0.2, 0.25) is 0 Å². The van der Waals surface area contributed by atoms with Gasteiger partial charge in [0.1, 0.15) is 5.60 Å². The third-order valence-electron chi connectivity index (χ3n) is 4.15. The Labute approximate surface area is 115 Å². The molecule has 19 heavy (non-hydrogen) atoms. The van der Waals surface area contributed by atoms with Crippen LogP contribution in [0.5, 0.6) is 0 Å². The molecule has 0 unspecified atom stereocenters. The van der Waals surface area contributed by atoms with Gasteiger partial charge >= 0.3 is 0 Å². The summed E-state index contributed by atoms with van der Waals surface area (Å²) in [7, 11) is 0. The zero-order valence-electron chi connectivity index (χ0n) is 12.3. The van der Waals surface area contributed by atoms with Crippen molar-refractivity contribution < 1.29 is 14.6 Å². The molecule has 2 fully saturated rings. The van der Waals surface area contributed by atoms with Crippen molar-refractivity contribution in [2.75, 3.05) is 32.8 Å². The van der Waals surface area contributed by atoms with E-state index in [0.717, 1.165) is 39.1 Å². The first-order valence-corrected chi connectivity index (χ1v) is 7.25. The summed E-state index contributed by atoms with van der Waals surface area (Å²) in [4.78, 5) is 16.4. The average Bonchev–Trinajstić information content (AvgIpc) is 2.38. The van der Waals surface area contributed by atoms with Crippen LogP contribution < -0.4 is 0 Å². The Balaban J connectivity index is 1.92. The smallest absolute Gasteiger partial charge is 0.254 e. The summed E-state index contributed by atoms with van der Waals surface area (Å²) in [5, 5.41) is 9.85. The van der Waals surface area contributed by atoms with Crippen LogP contribution in [-0.4, -0.2) is 71.3 Å². The topological polar surface area (TPSA) is 53.0 Å². The maximum Gasteiger partial charge on any atom is 0.254 e. The summed E-state index contributed by atoms with van der Waals surface area (Å²) in [6.45, 7) is 9.39. The van der Waals surface area contributed by atoms with E-state index < -0.39 is 5.60 Å². The molecule has 5 nitrogen and oxygen atoms in total. The predicted molar refractivity (Wildman–Crippen MR) is 72.9 cm³/mol. The van der Waals surface area contributed by atoms with E-state index in [0.29, 0.717) is 12.6 Å². The fraction of sp³-hybridized carbons (Fsp3) is 0.929. The van der Waals surface area contributed by atoms with Crippen molar-refractivity contribution in [1.82, 2.24) is 9.80 Å². The second kappa shape index (κ2) is 5.77. The standard InChI is InChI=1S/C14H26N2O3/c1-11-10-15(12-4-8-19-9-5-12)6-7-16(11)13(17)14(2,3)18/h11-12,18H,4-10H2,1-3H3/t11-/m1/s1. The fourth-order valence-corrected chi connectivity index (χ4v) is 3.02. The van der Waals surface area contributed by atoms with Gasteiger partial charge in [-0.3, -0.25) is 9.69 Å². The Morgan fingerprint density at radius 2 is 1.89 bits per heavy atom. The first-order chi connectivity index (χ1) is 8.89. The van der Waals surface area contributed by atoms with Gasteiger partial charge in [0.15, 0.2) is 0 Å². The summed E-state index contributed by atoms with van der Waals surface area (Å²) in [6.07, 6.45) is 2.18. The van der Waals surface area contributed by atoms with Gasteiger partial charge in [0.2, 0.25) is 0 Å². The van der Waals surface area contributed by atoms with Gasteiger partial charge in [-0.25, -0.2) is 0 Å². The number of aliphatic hydroxyl groups is 1. The van der Waals surface area contributed by atoms with E-state index in [2.05, 4.69) is 11.8 Å². The molecule has 0 radical (unpaired) electrons. The van der Waals surface area contributed by atoms with Gasteiger partial charge in [0, 0.05) is 44.9 Å². The third kappa shape index (κ3) is 3.46. The maximum atomic E-state index is 12.2. The van der Waals surface area contributed by atoms with Gasteiger partial charge in [-0.1, -0.05) is 0 Å². The fourth-order valence-electron chi connectivity index (χ4n) is 3.02. The predicted octanol–water partition coefficient (Wildman–Crippen LogP) is 0.469. The number of rotatable bonds is 2. The van der Waals surface area contributed by atoms with E-state index in [4.69, 9.17) is 4.74 Å². The van der Waals surface area contributed by atoms with Gasteiger partial charge in [-0.2, -0.15) is 0 Å². The van der Waals surface area contributed by atoms with Crippen LogP contribution in [0.25, 0.3) is 0 Å². The number of hydrogen-bond donors (Lipinski definition) is 1. The summed E-state index contributed by atoms with van der Waals surface area (Å²) >= 11 is 0. The largest absolute Gasteiger partial charge is 0.381 e. The molecule has 110 valence electrons. The molecule has 1 amide bonds. The highest BCUT2D eigenvalue weighted by Gasteiger charge is 2.36. The minimum absolute atomic E-state index is 0.161. The van der Waals surface area contributed by atoms with Crippen molar-refractivity contribution in [2.24, 2.45) is 0 Å². The van der Waals surface area contributed by atoms with Crippen LogP contribution in [0, 0.1) is 0 Å². The summed E-state index contributed by atoms with van der Waals surface area (Å²) in [5.41, 5.74) is -1.27. The molecule has 0 spiro atoms. The van der Waals surface area contributed by atoms with Crippen LogP contribution in [0.15, 0.2) is 0 Å². The van der Waals surface area contributed by atoms with E-state index in [9.17, 15) is 9.90 Å². The lowest BCUT2D eigenvalue weighted by Gasteiger charge is -2.45. The number of nitrogens with zero attached hydrogens (tertiary/aromatic N) is 2. The molecule has 0 aromatic heterocycles. The van der Waals surface area contributed by atoms with Crippen molar-refractivity contribution in [2.45, 2.75) is 51.3 Å². The minimum Gasteiger partial charge on any atom is -0.381 e. The molecule has 2 aliphatic rings. The monoisotopic (exact) mass is 270 g/mol. The van der Waals surface area contributed by atoms with E-state index in [1.54, 1.807) is 13.8 Å². The van der Waals surface area contributed by atoms with E-state index in [1.807, 2.05) is 4.90 Å². The maximum absolute atomic E-state index is 12.2. The molecule has 0 aromatic rings. The Morgan fingerprint density at radius 1 is 1.26 bits per heavy atom. The van der Waals surface area contributed by atoms with E-state index in [-0.39, 0.29) is 11.9 Å². The molecular formula is C14H26N2O3. The number of piperazine rings is 1. The number of carbonyl (C=O) groups excluding carboxylic acids is 1. The van der Waals surface area contributed by atoms with Crippen LogP contribution >= 0.6 is 0 Å². The lowest BCUT2D eigenvalue weighted by molar-refractivity contribution is -0.153. The number of ether oxygens (including phenoxy) is 1. The van der Waals surface area contributed by atoms with Crippen LogP contribution in [0.4, 0.5) is 0 Å². The summed E-state index contributed by atoms with van der Waals surface area (Å²) in [6, 6.07) is 0.756. The van der Waals surface area contributed by atoms with Crippen molar-refractivity contribution >= 4 is 5.91 Å². The molecule has 5 heteroatoms. The van der Waals surface area contributed by atoms with Crippen molar-refractivity contribution in [3.63, 3.8) is 0 Å². The molecule has 2 aliphatic heterocycles. The lowest BCUT2D eigenvalue weighted by atomic mass is 10.0. The number of amides is 1. The highest BCUT2D eigenvalue weighted by atomic mass is 16.5. The second-order valence-electron chi connectivity index (χ2n) is 6.25. The first-order valence-electron chi connectivity index (χ1n) is 7.25. The Kier molecular flexibility index (Phi) is 4.48. The van der Waals surface area contributed by atoms with E-state index >= 15 is 0 Å². The molecule has 2 saturated heterocycles. The zero-order valence-corrected chi connectivity index (χ0v) is 12.3. The minimum atomic E-state index is -1.27. The Bertz CT molecular complexity index is 321. The van der Waals surface area contributed by atoms with Gasteiger partial charge in [-0.05, 0) is 33.6 Å². The SMILES string of the molecule is C[C@@H]1CN(C2CCOCC2)CCN1C(=O)C(C)(C)O. The molecule has 0 bridgehead atoms. The molecule has 0 saturated carbocycles. The third-order valence-corrected chi connectivity index (χ3v) is 4.15. The molecule has 1 atom stereocenters. The van der Waals surface area contributed by atoms with Gasteiger partial charge in [0.25, 0.3) is 5.91 Å². The molecule has 2 rings (SSSR count). The van der Waals surface area contributed by atoms with Crippen LogP contribution in [-0.2, 0) is 9.53 Å². The zero-order chi connectivity index (χ0) is 14.0. The number of hydrogen-bond acceptors (Lipinski definition) is 4. The molecular weight excluding hydrogens is 244 g/mol. The first kappa shape index (κ1) is 14.8. The van der Waals surface area contributed by atoms with E-state index in [1.165, 1.54) is 0 Å². The second-order valence-corrected chi connectivity index (χ2v) is 6.25. The molecule has 1 N–H and O–H groups in total. The quantitative estimate of drug-likeness (QED) is 0.792. The van der Waals surface area contributed by atoms with Crippen molar-refractivity contribution in [3.8, 4) is 0 Å². The highest BCUT2D eigenvalue weighted by Crippen LogP contribution is 2.21. The lowest BCUT2D eigenvalue weighted by Crippen LogP contribution is -2.60. The molecule has 2 heterocycles. The highest BCUT2D eigenvalue weighted by molar-refractivity contribution is 5.84. The van der Waals surface area contributed by atoms with Crippen LogP contribution in [0.1, 0.15) is 33.6 Å². The summed E-state index contributed by atoms with van der Waals surface area (Å²) in [5.74, 6) is -0.161. The van der Waals surface area contributed by atoms with Crippen molar-refractivity contribution in [3.05, 3.63) is 0 Å². The van der Waals surface area contributed by atoms with Crippen molar-refractivity contribution in [1.29, 1.82) is 0 Å². The number of carbonyl (C=O) groups is 1. The van der Waals surface area contributed by atoms with Gasteiger partial charge in [0.05, 0.1) is 0 Å². The molecule has 0 aromatic carbocycles.